The van der Waals surface area contributed by atoms with Crippen molar-refractivity contribution < 1.29 is 13.7 Å². The number of aromatic nitrogens is 2. The Hall–Kier alpha value is -2.11. The Morgan fingerprint density at radius 2 is 2.04 bits per heavy atom. The number of rotatable bonds is 3. The zero-order valence-corrected chi connectivity index (χ0v) is 13.4. The molecule has 0 aromatic carbocycles. The predicted molar refractivity (Wildman–Crippen MR) is 81.7 cm³/mol. The van der Waals surface area contributed by atoms with Gasteiger partial charge in [0.15, 0.2) is 5.67 Å². The van der Waals surface area contributed by atoms with Crippen molar-refractivity contribution in [3.05, 3.63) is 40.5 Å². The van der Waals surface area contributed by atoms with Crippen LogP contribution in [0.2, 0.25) is 0 Å². The smallest absolute Gasteiger partial charge is 0.260 e. The molecule has 0 unspecified atom stereocenters. The molecular formula is C17H20FN3O2. The molecule has 0 atom stereocenters. The first-order chi connectivity index (χ1) is 11.0. The number of alkyl halides is 1. The van der Waals surface area contributed by atoms with Crippen LogP contribution in [0.1, 0.15) is 41.2 Å². The fraction of sp³-hybridized carbons (Fsp3) is 0.529. The van der Waals surface area contributed by atoms with Gasteiger partial charge in [-0.2, -0.15) is 0 Å². The number of amides is 1. The molecule has 4 rings (SSSR count). The van der Waals surface area contributed by atoms with Crippen LogP contribution in [-0.4, -0.2) is 32.7 Å². The fourth-order valence-corrected chi connectivity index (χ4v) is 3.27. The van der Waals surface area contributed by atoms with E-state index in [1.807, 2.05) is 0 Å². The maximum absolute atomic E-state index is 14.1. The van der Waals surface area contributed by atoms with Crippen molar-refractivity contribution in [3.8, 4) is 0 Å². The van der Waals surface area contributed by atoms with E-state index in [0.717, 1.165) is 28.4 Å². The predicted octanol–water partition coefficient (Wildman–Crippen LogP) is 2.53. The van der Waals surface area contributed by atoms with Gasteiger partial charge in [-0.3, -0.25) is 4.79 Å². The third-order valence-corrected chi connectivity index (χ3v) is 4.99. The van der Waals surface area contributed by atoms with Gasteiger partial charge < -0.3 is 14.0 Å². The summed E-state index contributed by atoms with van der Waals surface area (Å²) in [7, 11) is 0. The molecule has 1 amide bonds. The highest BCUT2D eigenvalue weighted by Crippen LogP contribution is 2.42. The highest BCUT2D eigenvalue weighted by Gasteiger charge is 2.53. The van der Waals surface area contributed by atoms with Gasteiger partial charge in [0.1, 0.15) is 11.5 Å². The van der Waals surface area contributed by atoms with Gasteiger partial charge in [-0.15, -0.1) is 0 Å². The van der Waals surface area contributed by atoms with E-state index in [9.17, 15) is 9.18 Å². The van der Waals surface area contributed by atoms with Crippen LogP contribution in [0.3, 0.4) is 0 Å². The third-order valence-electron chi connectivity index (χ3n) is 4.99. The standard InChI is InChI=1S/C17H20FN3O2/c1-11-3-4-12(2)21(11)10-14-13-9-20(8-5-15(13)23-19-14)16(22)17(18)6-7-17/h3-4H,5-10H2,1-2H3. The molecule has 2 aromatic heterocycles. The van der Waals surface area contributed by atoms with Crippen LogP contribution < -0.4 is 0 Å². The van der Waals surface area contributed by atoms with Crippen molar-refractivity contribution in [2.45, 2.75) is 51.9 Å². The molecule has 1 saturated carbocycles. The number of aryl methyl sites for hydroxylation is 2. The van der Waals surface area contributed by atoms with Gasteiger partial charge in [-0.25, -0.2) is 4.39 Å². The van der Waals surface area contributed by atoms with Gasteiger partial charge in [-0.1, -0.05) is 5.16 Å². The molecule has 1 fully saturated rings. The largest absolute Gasteiger partial charge is 0.361 e. The highest BCUT2D eigenvalue weighted by molar-refractivity contribution is 5.88. The quantitative estimate of drug-likeness (QED) is 0.874. The number of hydrogen-bond donors (Lipinski definition) is 0. The summed E-state index contributed by atoms with van der Waals surface area (Å²) in [4.78, 5) is 13.9. The van der Waals surface area contributed by atoms with Crippen LogP contribution in [0.5, 0.6) is 0 Å². The Morgan fingerprint density at radius 1 is 1.35 bits per heavy atom. The maximum atomic E-state index is 14.1. The molecule has 3 heterocycles. The normalized spacial score (nSPS) is 18.8. The van der Waals surface area contributed by atoms with Crippen molar-refractivity contribution in [1.29, 1.82) is 0 Å². The van der Waals surface area contributed by atoms with Crippen LogP contribution in [0, 0.1) is 13.8 Å². The third kappa shape index (κ3) is 2.36. The topological polar surface area (TPSA) is 51.3 Å². The highest BCUT2D eigenvalue weighted by atomic mass is 19.1. The number of nitrogens with zero attached hydrogens (tertiary/aromatic N) is 3. The second kappa shape index (κ2) is 4.94. The van der Waals surface area contributed by atoms with Gasteiger partial charge in [0.2, 0.25) is 0 Å². The van der Waals surface area contributed by atoms with Gasteiger partial charge in [0, 0.05) is 29.9 Å². The van der Waals surface area contributed by atoms with Crippen LogP contribution in [0.25, 0.3) is 0 Å². The fourth-order valence-electron chi connectivity index (χ4n) is 3.27. The molecule has 5 nitrogen and oxygen atoms in total. The first-order valence-electron chi connectivity index (χ1n) is 8.05. The molecular weight excluding hydrogens is 297 g/mol. The van der Waals surface area contributed by atoms with Gasteiger partial charge >= 0.3 is 0 Å². The zero-order chi connectivity index (χ0) is 16.2. The first kappa shape index (κ1) is 14.5. The number of fused-ring (bicyclic) bond motifs is 1. The number of hydrogen-bond acceptors (Lipinski definition) is 3. The van der Waals surface area contributed by atoms with E-state index >= 15 is 0 Å². The summed E-state index contributed by atoms with van der Waals surface area (Å²) >= 11 is 0. The van der Waals surface area contributed by atoms with Crippen molar-refractivity contribution in [2.75, 3.05) is 6.54 Å². The summed E-state index contributed by atoms with van der Waals surface area (Å²) < 4.78 is 21.7. The van der Waals surface area contributed by atoms with E-state index in [-0.39, 0.29) is 5.91 Å². The molecule has 0 N–H and O–H groups in total. The van der Waals surface area contributed by atoms with Crippen LogP contribution in [-0.2, 0) is 24.3 Å². The lowest BCUT2D eigenvalue weighted by molar-refractivity contribution is -0.139. The summed E-state index contributed by atoms with van der Waals surface area (Å²) in [6.07, 6.45) is 1.31. The van der Waals surface area contributed by atoms with E-state index in [4.69, 9.17) is 4.52 Å². The number of carbonyl (C=O) groups excluding carboxylic acids is 1. The average molecular weight is 317 g/mol. The van der Waals surface area contributed by atoms with E-state index in [1.54, 1.807) is 4.90 Å². The van der Waals surface area contributed by atoms with Gasteiger partial charge in [0.05, 0.1) is 13.1 Å². The molecule has 0 bridgehead atoms. The molecule has 2 aromatic rings. The SMILES string of the molecule is Cc1ccc(C)n1Cc1noc2c1CN(C(=O)C1(F)CC1)CC2. The molecule has 1 aliphatic carbocycles. The summed E-state index contributed by atoms with van der Waals surface area (Å²) in [5.41, 5.74) is 2.49. The van der Waals surface area contributed by atoms with Gasteiger partial charge in [-0.05, 0) is 38.8 Å². The Balaban J connectivity index is 1.59. The molecule has 2 aliphatic rings. The van der Waals surface area contributed by atoms with E-state index in [0.29, 0.717) is 38.9 Å². The minimum Gasteiger partial charge on any atom is -0.361 e. The molecule has 1 aliphatic heterocycles. The average Bonchev–Trinajstić information content (AvgIpc) is 3.06. The Morgan fingerprint density at radius 3 is 2.70 bits per heavy atom. The summed E-state index contributed by atoms with van der Waals surface area (Å²) in [5, 5.41) is 4.20. The minimum atomic E-state index is -1.61. The Labute approximate surface area is 134 Å². The molecule has 0 saturated heterocycles. The van der Waals surface area contributed by atoms with E-state index < -0.39 is 5.67 Å². The van der Waals surface area contributed by atoms with Crippen molar-refractivity contribution in [1.82, 2.24) is 14.6 Å². The Bertz CT molecular complexity index is 753. The number of carbonyl (C=O) groups is 1. The maximum Gasteiger partial charge on any atom is 0.260 e. The van der Waals surface area contributed by atoms with Crippen molar-refractivity contribution in [3.63, 3.8) is 0 Å². The first-order valence-corrected chi connectivity index (χ1v) is 8.05. The lowest BCUT2D eigenvalue weighted by Gasteiger charge is -2.27. The zero-order valence-electron chi connectivity index (χ0n) is 13.4. The summed E-state index contributed by atoms with van der Waals surface area (Å²) in [6.45, 7) is 5.63. The van der Waals surface area contributed by atoms with Crippen LogP contribution in [0.4, 0.5) is 4.39 Å². The second-order valence-electron chi connectivity index (χ2n) is 6.68. The molecule has 0 radical (unpaired) electrons. The Kier molecular flexibility index (Phi) is 3.11. The summed E-state index contributed by atoms with van der Waals surface area (Å²) in [6, 6.07) is 4.13. The van der Waals surface area contributed by atoms with E-state index in [1.165, 1.54) is 0 Å². The lowest BCUT2D eigenvalue weighted by Crippen LogP contribution is -2.41. The monoisotopic (exact) mass is 317 g/mol. The lowest BCUT2D eigenvalue weighted by atomic mass is 10.0. The van der Waals surface area contributed by atoms with Crippen LogP contribution >= 0.6 is 0 Å². The van der Waals surface area contributed by atoms with Crippen molar-refractivity contribution in [2.24, 2.45) is 0 Å². The minimum absolute atomic E-state index is 0.355. The van der Waals surface area contributed by atoms with Gasteiger partial charge in [0.25, 0.3) is 5.91 Å². The summed E-state index contributed by atoms with van der Waals surface area (Å²) in [5.74, 6) is 0.457. The molecule has 6 heteroatoms. The van der Waals surface area contributed by atoms with E-state index in [2.05, 4.69) is 35.7 Å². The molecule has 0 spiro atoms. The molecule has 122 valence electrons. The van der Waals surface area contributed by atoms with Crippen molar-refractivity contribution >= 4 is 5.91 Å². The molecule has 23 heavy (non-hydrogen) atoms. The number of halogens is 1. The van der Waals surface area contributed by atoms with Crippen LogP contribution in [0.15, 0.2) is 16.7 Å². The second-order valence-corrected chi connectivity index (χ2v) is 6.68.